The van der Waals surface area contributed by atoms with Gasteiger partial charge in [0, 0.05) is 45.5 Å². The lowest BCUT2D eigenvalue weighted by atomic mass is 10.3. The maximum absolute atomic E-state index is 12.9. The molecule has 0 spiro atoms. The number of hydrogen-bond acceptors (Lipinski definition) is 4. The molecule has 1 aromatic heterocycles. The molecule has 1 aromatic carbocycles. The molecule has 1 amide bonds. The van der Waals surface area contributed by atoms with E-state index in [9.17, 15) is 9.18 Å². The predicted molar refractivity (Wildman–Crippen MR) is 92.4 cm³/mol. The number of piperazine rings is 1. The molecule has 0 radical (unpaired) electrons. The van der Waals surface area contributed by atoms with Crippen molar-refractivity contribution in [2.45, 2.75) is 0 Å². The summed E-state index contributed by atoms with van der Waals surface area (Å²) in [6.45, 7) is 5.45. The fraction of sp³-hybridized carbons (Fsp3) is 0.375. The second-order valence-electron chi connectivity index (χ2n) is 5.47. The first kappa shape index (κ1) is 18.4. The van der Waals surface area contributed by atoms with Crippen LogP contribution >= 0.6 is 12.4 Å². The summed E-state index contributed by atoms with van der Waals surface area (Å²) < 4.78 is 14.5. The number of aromatic nitrogens is 2. The van der Waals surface area contributed by atoms with Crippen molar-refractivity contribution in [2.24, 2.45) is 0 Å². The second kappa shape index (κ2) is 8.77. The number of halogens is 2. The van der Waals surface area contributed by atoms with Crippen molar-refractivity contribution in [1.82, 2.24) is 25.3 Å². The average Bonchev–Trinajstić information content (AvgIpc) is 3.06. The zero-order valence-electron chi connectivity index (χ0n) is 13.2. The molecule has 0 aliphatic carbocycles. The Morgan fingerprint density at radius 3 is 2.62 bits per heavy atom. The molecule has 0 unspecified atom stereocenters. The van der Waals surface area contributed by atoms with E-state index in [2.05, 4.69) is 20.6 Å². The lowest BCUT2D eigenvalue weighted by molar-refractivity contribution is 0.0942. The van der Waals surface area contributed by atoms with Crippen molar-refractivity contribution in [2.75, 3.05) is 39.3 Å². The van der Waals surface area contributed by atoms with Crippen LogP contribution in [-0.2, 0) is 0 Å². The Kier molecular flexibility index (Phi) is 6.72. The van der Waals surface area contributed by atoms with Gasteiger partial charge in [-0.1, -0.05) is 0 Å². The van der Waals surface area contributed by atoms with Crippen LogP contribution in [0.25, 0.3) is 5.69 Å². The summed E-state index contributed by atoms with van der Waals surface area (Å²) in [5, 5.41) is 10.4. The molecule has 6 nitrogen and oxygen atoms in total. The number of amides is 1. The van der Waals surface area contributed by atoms with Gasteiger partial charge >= 0.3 is 0 Å². The number of benzene rings is 1. The van der Waals surface area contributed by atoms with E-state index >= 15 is 0 Å². The predicted octanol–water partition coefficient (Wildman–Crippen LogP) is 1.07. The third kappa shape index (κ3) is 4.77. The Bertz CT molecular complexity index is 655. The molecule has 1 fully saturated rings. The third-order valence-electron chi connectivity index (χ3n) is 3.84. The van der Waals surface area contributed by atoms with Crippen LogP contribution < -0.4 is 10.6 Å². The summed E-state index contributed by atoms with van der Waals surface area (Å²) >= 11 is 0. The van der Waals surface area contributed by atoms with Gasteiger partial charge in [-0.15, -0.1) is 12.4 Å². The van der Waals surface area contributed by atoms with E-state index in [1.807, 2.05) is 0 Å². The summed E-state index contributed by atoms with van der Waals surface area (Å²) in [6.07, 6.45) is 1.69. The van der Waals surface area contributed by atoms with Gasteiger partial charge in [-0.25, -0.2) is 9.07 Å². The molecule has 2 N–H and O–H groups in total. The fourth-order valence-electron chi connectivity index (χ4n) is 2.54. The van der Waals surface area contributed by atoms with Crippen molar-refractivity contribution >= 4 is 18.3 Å². The number of nitrogens with zero attached hydrogens (tertiary/aromatic N) is 3. The zero-order chi connectivity index (χ0) is 16.1. The van der Waals surface area contributed by atoms with Crippen molar-refractivity contribution < 1.29 is 9.18 Å². The van der Waals surface area contributed by atoms with Crippen molar-refractivity contribution in [3.05, 3.63) is 48.0 Å². The summed E-state index contributed by atoms with van der Waals surface area (Å²) in [4.78, 5) is 14.4. The highest BCUT2D eigenvalue weighted by molar-refractivity contribution is 5.92. The maximum atomic E-state index is 12.9. The monoisotopic (exact) mass is 353 g/mol. The van der Waals surface area contributed by atoms with Gasteiger partial charge in [0.05, 0.1) is 5.69 Å². The van der Waals surface area contributed by atoms with Crippen LogP contribution in [0.15, 0.2) is 36.5 Å². The quantitative estimate of drug-likeness (QED) is 0.844. The van der Waals surface area contributed by atoms with Crippen molar-refractivity contribution in [3.63, 3.8) is 0 Å². The minimum absolute atomic E-state index is 0. The molecule has 1 saturated heterocycles. The molecule has 1 aliphatic rings. The Hall–Kier alpha value is -1.96. The highest BCUT2D eigenvalue weighted by Gasteiger charge is 2.12. The Labute approximate surface area is 146 Å². The van der Waals surface area contributed by atoms with Gasteiger partial charge in [0.2, 0.25) is 0 Å². The Morgan fingerprint density at radius 2 is 1.92 bits per heavy atom. The summed E-state index contributed by atoms with van der Waals surface area (Å²) in [6, 6.07) is 7.63. The van der Waals surface area contributed by atoms with E-state index in [0.29, 0.717) is 17.9 Å². The third-order valence-corrected chi connectivity index (χ3v) is 3.84. The molecule has 3 rings (SSSR count). The SMILES string of the molecule is Cl.O=C(NCCN1CCNCC1)c1ccn(-c2ccc(F)cc2)n1. The van der Waals surface area contributed by atoms with Crippen LogP contribution in [0.3, 0.4) is 0 Å². The first-order valence-electron chi connectivity index (χ1n) is 7.75. The molecule has 0 saturated carbocycles. The molecule has 2 aromatic rings. The Morgan fingerprint density at radius 1 is 1.21 bits per heavy atom. The van der Waals surface area contributed by atoms with Crippen LogP contribution in [0.5, 0.6) is 0 Å². The minimum atomic E-state index is -0.299. The second-order valence-corrected chi connectivity index (χ2v) is 5.47. The first-order chi connectivity index (χ1) is 11.2. The van der Waals surface area contributed by atoms with Gasteiger partial charge in [0.15, 0.2) is 5.69 Å². The summed E-state index contributed by atoms with van der Waals surface area (Å²) in [5.41, 5.74) is 1.07. The minimum Gasteiger partial charge on any atom is -0.349 e. The molecular weight excluding hydrogens is 333 g/mol. The molecule has 0 bridgehead atoms. The van der Waals surface area contributed by atoms with Gasteiger partial charge < -0.3 is 10.6 Å². The summed E-state index contributed by atoms with van der Waals surface area (Å²) in [7, 11) is 0. The van der Waals surface area contributed by atoms with Gasteiger partial charge in [-0.2, -0.15) is 5.10 Å². The molecule has 8 heteroatoms. The fourth-order valence-corrected chi connectivity index (χ4v) is 2.54. The van der Waals surface area contributed by atoms with Crippen LogP contribution in [0, 0.1) is 5.82 Å². The highest BCUT2D eigenvalue weighted by atomic mass is 35.5. The summed E-state index contributed by atoms with van der Waals surface area (Å²) in [5.74, 6) is -0.493. The van der Waals surface area contributed by atoms with Crippen LogP contribution in [0.1, 0.15) is 10.5 Å². The van der Waals surface area contributed by atoms with E-state index in [1.165, 1.54) is 12.1 Å². The molecular formula is C16H21ClFN5O. The van der Waals surface area contributed by atoms with E-state index in [-0.39, 0.29) is 24.1 Å². The van der Waals surface area contributed by atoms with Gasteiger partial charge in [-0.05, 0) is 30.3 Å². The van der Waals surface area contributed by atoms with Crippen molar-refractivity contribution in [3.8, 4) is 5.69 Å². The zero-order valence-corrected chi connectivity index (χ0v) is 14.1. The molecule has 130 valence electrons. The Balaban J connectivity index is 0.00000208. The lowest BCUT2D eigenvalue weighted by Gasteiger charge is -2.26. The number of nitrogens with one attached hydrogen (secondary N) is 2. The van der Waals surface area contributed by atoms with Crippen LogP contribution in [-0.4, -0.2) is 59.9 Å². The maximum Gasteiger partial charge on any atom is 0.271 e. The van der Waals surface area contributed by atoms with Crippen LogP contribution in [0.2, 0.25) is 0 Å². The number of carbonyl (C=O) groups is 1. The van der Waals surface area contributed by atoms with Crippen LogP contribution in [0.4, 0.5) is 4.39 Å². The standard InChI is InChI=1S/C16H20FN5O.ClH/c17-13-1-3-14(4-2-13)22-9-5-15(20-22)16(23)19-8-12-21-10-6-18-7-11-21;/h1-5,9,18H,6-8,10-12H2,(H,19,23);1H. The first-order valence-corrected chi connectivity index (χ1v) is 7.75. The topological polar surface area (TPSA) is 62.2 Å². The molecule has 24 heavy (non-hydrogen) atoms. The lowest BCUT2D eigenvalue weighted by Crippen LogP contribution is -2.46. The largest absolute Gasteiger partial charge is 0.349 e. The van der Waals surface area contributed by atoms with Gasteiger partial charge in [-0.3, -0.25) is 9.69 Å². The van der Waals surface area contributed by atoms with Crippen molar-refractivity contribution in [1.29, 1.82) is 0 Å². The molecule has 2 heterocycles. The van der Waals surface area contributed by atoms with E-state index in [1.54, 1.807) is 29.1 Å². The highest BCUT2D eigenvalue weighted by Crippen LogP contribution is 2.08. The van der Waals surface area contributed by atoms with Gasteiger partial charge in [0.1, 0.15) is 5.82 Å². The number of hydrogen-bond donors (Lipinski definition) is 2. The molecule has 0 atom stereocenters. The normalized spacial score (nSPS) is 14.9. The number of carbonyl (C=O) groups excluding carboxylic acids is 1. The smallest absolute Gasteiger partial charge is 0.271 e. The average molecular weight is 354 g/mol. The number of rotatable bonds is 5. The van der Waals surface area contributed by atoms with Gasteiger partial charge in [0.25, 0.3) is 5.91 Å². The van der Waals surface area contributed by atoms with E-state index in [4.69, 9.17) is 0 Å². The van der Waals surface area contributed by atoms with E-state index < -0.39 is 0 Å². The van der Waals surface area contributed by atoms with E-state index in [0.717, 1.165) is 32.7 Å². The molecule has 1 aliphatic heterocycles.